The maximum Gasteiger partial charge on any atom is 0.257 e. The van der Waals surface area contributed by atoms with E-state index in [0.29, 0.717) is 25.3 Å². The van der Waals surface area contributed by atoms with Crippen molar-refractivity contribution >= 4 is 21.8 Å². The SMILES string of the molecule is COc1ccc(OCCN2CCN(C(=O)c3cc(Br)ccc3O)CC2)cc1. The Bertz CT molecular complexity index is 774. The molecule has 0 radical (unpaired) electrons. The third-order valence-corrected chi connectivity index (χ3v) is 5.08. The van der Waals surface area contributed by atoms with Gasteiger partial charge in [0.25, 0.3) is 5.91 Å². The number of carbonyl (C=O) groups is 1. The minimum Gasteiger partial charge on any atom is -0.507 e. The molecule has 144 valence electrons. The molecule has 27 heavy (non-hydrogen) atoms. The third kappa shape index (κ3) is 5.14. The molecule has 0 bridgehead atoms. The van der Waals surface area contributed by atoms with Crippen LogP contribution in [0.1, 0.15) is 10.4 Å². The molecule has 1 saturated heterocycles. The lowest BCUT2D eigenvalue weighted by molar-refractivity contribution is 0.0617. The zero-order valence-electron chi connectivity index (χ0n) is 15.2. The maximum atomic E-state index is 12.6. The van der Waals surface area contributed by atoms with Crippen LogP contribution in [0.5, 0.6) is 17.2 Å². The number of hydrogen-bond donors (Lipinski definition) is 1. The fourth-order valence-corrected chi connectivity index (χ4v) is 3.35. The van der Waals surface area contributed by atoms with Crippen molar-refractivity contribution in [1.29, 1.82) is 0 Å². The summed E-state index contributed by atoms with van der Waals surface area (Å²) in [5, 5.41) is 9.94. The van der Waals surface area contributed by atoms with Crippen LogP contribution >= 0.6 is 15.9 Å². The van der Waals surface area contributed by atoms with Crippen molar-refractivity contribution in [2.24, 2.45) is 0 Å². The van der Waals surface area contributed by atoms with Gasteiger partial charge in [0.15, 0.2) is 0 Å². The van der Waals surface area contributed by atoms with E-state index in [-0.39, 0.29) is 11.7 Å². The number of piperazine rings is 1. The van der Waals surface area contributed by atoms with Crippen LogP contribution in [0.4, 0.5) is 0 Å². The standard InChI is InChI=1S/C20H23BrN2O4/c1-26-16-3-5-17(6-4-16)27-13-12-22-8-10-23(11-9-22)20(25)18-14-15(21)2-7-19(18)24/h2-7,14,24H,8-13H2,1H3. The highest BCUT2D eigenvalue weighted by Gasteiger charge is 2.24. The van der Waals surface area contributed by atoms with Crippen molar-refractivity contribution in [1.82, 2.24) is 9.80 Å². The summed E-state index contributed by atoms with van der Waals surface area (Å²) in [6.45, 7) is 4.22. The highest BCUT2D eigenvalue weighted by atomic mass is 79.9. The normalized spacial score (nSPS) is 14.8. The van der Waals surface area contributed by atoms with Crippen LogP contribution < -0.4 is 9.47 Å². The van der Waals surface area contributed by atoms with Gasteiger partial charge < -0.3 is 19.5 Å². The number of halogens is 1. The van der Waals surface area contributed by atoms with Crippen LogP contribution in [-0.2, 0) is 0 Å². The monoisotopic (exact) mass is 434 g/mol. The molecule has 0 saturated carbocycles. The lowest BCUT2D eigenvalue weighted by Gasteiger charge is -2.34. The smallest absolute Gasteiger partial charge is 0.257 e. The fourth-order valence-electron chi connectivity index (χ4n) is 2.99. The van der Waals surface area contributed by atoms with Crippen LogP contribution in [0.25, 0.3) is 0 Å². The number of aromatic hydroxyl groups is 1. The second-order valence-corrected chi connectivity index (χ2v) is 7.23. The highest BCUT2D eigenvalue weighted by Crippen LogP contribution is 2.24. The van der Waals surface area contributed by atoms with Gasteiger partial charge in [-0.05, 0) is 42.5 Å². The number of benzene rings is 2. The van der Waals surface area contributed by atoms with Gasteiger partial charge >= 0.3 is 0 Å². The number of methoxy groups -OCH3 is 1. The number of amides is 1. The molecule has 0 unspecified atom stereocenters. The molecule has 0 spiro atoms. The number of rotatable bonds is 6. The molecule has 1 N–H and O–H groups in total. The topological polar surface area (TPSA) is 62.2 Å². The Labute approximate surface area is 167 Å². The third-order valence-electron chi connectivity index (χ3n) is 4.58. The molecule has 2 aromatic carbocycles. The van der Waals surface area contributed by atoms with Crippen LogP contribution in [-0.4, -0.2) is 67.3 Å². The van der Waals surface area contributed by atoms with Crippen LogP contribution in [0.2, 0.25) is 0 Å². The molecule has 1 fully saturated rings. The highest BCUT2D eigenvalue weighted by molar-refractivity contribution is 9.10. The lowest BCUT2D eigenvalue weighted by atomic mass is 10.1. The number of nitrogens with zero attached hydrogens (tertiary/aromatic N) is 2. The van der Waals surface area contributed by atoms with Gasteiger partial charge in [0.2, 0.25) is 0 Å². The van der Waals surface area contributed by atoms with Gasteiger partial charge in [0.05, 0.1) is 12.7 Å². The molecule has 1 amide bonds. The molecule has 6 nitrogen and oxygen atoms in total. The van der Waals surface area contributed by atoms with Crippen LogP contribution in [0.15, 0.2) is 46.9 Å². The maximum absolute atomic E-state index is 12.6. The Hall–Kier alpha value is -2.25. The zero-order valence-corrected chi connectivity index (χ0v) is 16.8. The molecule has 7 heteroatoms. The predicted octanol–water partition coefficient (Wildman–Crippen LogP) is 3.00. The van der Waals surface area contributed by atoms with Gasteiger partial charge in [0, 0.05) is 37.2 Å². The number of carbonyl (C=O) groups excluding carboxylic acids is 1. The molecule has 0 atom stereocenters. The number of hydrogen-bond acceptors (Lipinski definition) is 5. The van der Waals surface area contributed by atoms with E-state index in [1.54, 1.807) is 24.1 Å². The van der Waals surface area contributed by atoms with E-state index in [4.69, 9.17) is 9.47 Å². The molecule has 1 heterocycles. The van der Waals surface area contributed by atoms with E-state index in [0.717, 1.165) is 35.6 Å². The molecular formula is C20H23BrN2O4. The molecule has 0 aliphatic carbocycles. The second-order valence-electron chi connectivity index (χ2n) is 6.32. The molecule has 1 aliphatic rings. The van der Waals surface area contributed by atoms with Gasteiger partial charge in [0.1, 0.15) is 23.9 Å². The second kappa shape index (κ2) is 9.10. The van der Waals surface area contributed by atoms with E-state index >= 15 is 0 Å². The van der Waals surface area contributed by atoms with E-state index in [9.17, 15) is 9.90 Å². The summed E-state index contributed by atoms with van der Waals surface area (Å²) in [7, 11) is 1.64. The zero-order chi connectivity index (χ0) is 19.2. The summed E-state index contributed by atoms with van der Waals surface area (Å²) < 4.78 is 11.7. The van der Waals surface area contributed by atoms with E-state index in [1.807, 2.05) is 24.3 Å². The number of phenols is 1. The fraction of sp³-hybridized carbons (Fsp3) is 0.350. The van der Waals surface area contributed by atoms with E-state index < -0.39 is 0 Å². The summed E-state index contributed by atoms with van der Waals surface area (Å²) in [6.07, 6.45) is 0. The first kappa shape index (κ1) is 19.5. The van der Waals surface area contributed by atoms with Gasteiger partial charge in [-0.15, -0.1) is 0 Å². The summed E-state index contributed by atoms with van der Waals surface area (Å²) in [5.41, 5.74) is 0.334. The van der Waals surface area contributed by atoms with Crippen molar-refractivity contribution in [2.45, 2.75) is 0 Å². The number of ether oxygens (including phenoxy) is 2. The van der Waals surface area contributed by atoms with Crippen LogP contribution in [0, 0.1) is 0 Å². The average Bonchev–Trinajstić information content (AvgIpc) is 2.70. The first-order chi connectivity index (χ1) is 13.1. The Morgan fingerprint density at radius 3 is 2.41 bits per heavy atom. The van der Waals surface area contributed by atoms with Gasteiger partial charge in [-0.25, -0.2) is 0 Å². The van der Waals surface area contributed by atoms with Gasteiger partial charge in [-0.1, -0.05) is 15.9 Å². The molecular weight excluding hydrogens is 412 g/mol. The lowest BCUT2D eigenvalue weighted by Crippen LogP contribution is -2.49. The minimum atomic E-state index is -0.136. The van der Waals surface area contributed by atoms with E-state index in [2.05, 4.69) is 20.8 Å². The quantitative estimate of drug-likeness (QED) is 0.756. The van der Waals surface area contributed by atoms with Crippen molar-refractivity contribution in [3.8, 4) is 17.2 Å². The minimum absolute atomic E-state index is 0.0125. The molecule has 2 aromatic rings. The van der Waals surface area contributed by atoms with Crippen LogP contribution in [0.3, 0.4) is 0 Å². The van der Waals surface area contributed by atoms with Gasteiger partial charge in [-0.2, -0.15) is 0 Å². The average molecular weight is 435 g/mol. The molecule has 1 aliphatic heterocycles. The first-order valence-corrected chi connectivity index (χ1v) is 9.63. The summed E-state index contributed by atoms with van der Waals surface area (Å²) >= 11 is 3.34. The van der Waals surface area contributed by atoms with E-state index in [1.165, 1.54) is 6.07 Å². The van der Waals surface area contributed by atoms with Crippen molar-refractivity contribution < 1.29 is 19.4 Å². The Balaban J connectivity index is 1.44. The predicted molar refractivity (Wildman–Crippen MR) is 107 cm³/mol. The largest absolute Gasteiger partial charge is 0.507 e. The van der Waals surface area contributed by atoms with Gasteiger partial charge in [-0.3, -0.25) is 9.69 Å². The number of phenolic OH excluding ortho intramolecular Hbond substituents is 1. The first-order valence-electron chi connectivity index (χ1n) is 8.84. The van der Waals surface area contributed by atoms with Crippen molar-refractivity contribution in [3.63, 3.8) is 0 Å². The Morgan fingerprint density at radius 1 is 1.07 bits per heavy atom. The van der Waals surface area contributed by atoms with Crippen molar-refractivity contribution in [3.05, 3.63) is 52.5 Å². The molecule has 0 aromatic heterocycles. The summed E-state index contributed by atoms with van der Waals surface area (Å²) in [5.74, 6) is 1.50. The summed E-state index contributed by atoms with van der Waals surface area (Å²) in [6, 6.07) is 12.4. The van der Waals surface area contributed by atoms with Crippen molar-refractivity contribution in [2.75, 3.05) is 46.4 Å². The Kier molecular flexibility index (Phi) is 6.58. The Morgan fingerprint density at radius 2 is 1.74 bits per heavy atom. The molecule has 3 rings (SSSR count). The summed E-state index contributed by atoms with van der Waals surface area (Å²) in [4.78, 5) is 16.7.